The Bertz CT molecular complexity index is 156. The number of carboxylic acids is 1. The SMILES string of the molecule is CCC(C(=O)O)[N+](C)(C)CCO. The number of quaternary nitrogens is 1. The summed E-state index contributed by atoms with van der Waals surface area (Å²) in [6.07, 6.45) is 0.586. The molecule has 0 aromatic carbocycles. The molecular weight excluding hydrogens is 158 g/mol. The average molecular weight is 176 g/mol. The van der Waals surface area contributed by atoms with E-state index in [4.69, 9.17) is 10.2 Å². The van der Waals surface area contributed by atoms with E-state index >= 15 is 0 Å². The average Bonchev–Trinajstić information content (AvgIpc) is 1.86. The first-order valence-corrected chi connectivity index (χ1v) is 4.12. The van der Waals surface area contributed by atoms with Gasteiger partial charge in [-0.25, -0.2) is 4.79 Å². The van der Waals surface area contributed by atoms with Crippen molar-refractivity contribution in [1.29, 1.82) is 0 Å². The number of likely N-dealkylation sites (N-methyl/N-ethyl adjacent to an activating group) is 1. The van der Waals surface area contributed by atoms with Crippen LogP contribution in [-0.2, 0) is 4.79 Å². The fourth-order valence-electron chi connectivity index (χ4n) is 1.38. The van der Waals surface area contributed by atoms with Gasteiger partial charge in [0.05, 0.1) is 20.7 Å². The van der Waals surface area contributed by atoms with Gasteiger partial charge in [-0.15, -0.1) is 0 Å². The Morgan fingerprint density at radius 2 is 2.00 bits per heavy atom. The van der Waals surface area contributed by atoms with E-state index in [0.717, 1.165) is 0 Å². The van der Waals surface area contributed by atoms with E-state index in [1.54, 1.807) is 0 Å². The first kappa shape index (κ1) is 11.4. The topological polar surface area (TPSA) is 57.5 Å². The van der Waals surface area contributed by atoms with Crippen LogP contribution in [0, 0.1) is 0 Å². The number of carboxylic acid groups (broad SMARTS) is 1. The Labute approximate surface area is 73.0 Å². The fraction of sp³-hybridized carbons (Fsp3) is 0.875. The quantitative estimate of drug-likeness (QED) is 0.576. The summed E-state index contributed by atoms with van der Waals surface area (Å²) < 4.78 is 0.336. The Hall–Kier alpha value is -0.610. The molecule has 0 aromatic heterocycles. The van der Waals surface area contributed by atoms with E-state index in [2.05, 4.69) is 0 Å². The summed E-state index contributed by atoms with van der Waals surface area (Å²) in [7, 11) is 3.64. The Kier molecular flexibility index (Phi) is 4.20. The summed E-state index contributed by atoms with van der Waals surface area (Å²) in [4.78, 5) is 10.8. The number of rotatable bonds is 5. The van der Waals surface area contributed by atoms with Gasteiger partial charge in [0.25, 0.3) is 0 Å². The lowest BCUT2D eigenvalue weighted by molar-refractivity contribution is -0.907. The molecule has 0 aliphatic carbocycles. The second-order valence-electron chi connectivity index (χ2n) is 3.49. The molecule has 0 spiro atoms. The molecule has 0 bridgehead atoms. The van der Waals surface area contributed by atoms with Crippen LogP contribution in [-0.4, -0.2) is 54.0 Å². The maximum absolute atomic E-state index is 10.8. The summed E-state index contributed by atoms with van der Waals surface area (Å²) in [5.74, 6) is -0.795. The van der Waals surface area contributed by atoms with Crippen LogP contribution in [0.15, 0.2) is 0 Å². The zero-order valence-corrected chi connectivity index (χ0v) is 7.95. The largest absolute Gasteiger partial charge is 0.477 e. The van der Waals surface area contributed by atoms with Crippen molar-refractivity contribution in [3.63, 3.8) is 0 Å². The fourth-order valence-corrected chi connectivity index (χ4v) is 1.38. The van der Waals surface area contributed by atoms with Gasteiger partial charge in [0.2, 0.25) is 0 Å². The highest BCUT2D eigenvalue weighted by Crippen LogP contribution is 2.09. The highest BCUT2D eigenvalue weighted by atomic mass is 16.4. The van der Waals surface area contributed by atoms with Crippen molar-refractivity contribution in [3.8, 4) is 0 Å². The summed E-state index contributed by atoms with van der Waals surface area (Å²) in [5, 5.41) is 17.6. The minimum absolute atomic E-state index is 0.0246. The van der Waals surface area contributed by atoms with Crippen LogP contribution in [0.5, 0.6) is 0 Å². The molecule has 0 rings (SSSR count). The number of aliphatic hydroxyl groups is 1. The smallest absolute Gasteiger partial charge is 0.362 e. The number of hydrogen-bond donors (Lipinski definition) is 2. The molecule has 12 heavy (non-hydrogen) atoms. The maximum Gasteiger partial charge on any atom is 0.362 e. The molecule has 0 radical (unpaired) electrons. The molecule has 4 heteroatoms. The van der Waals surface area contributed by atoms with E-state index < -0.39 is 12.0 Å². The van der Waals surface area contributed by atoms with E-state index in [0.29, 0.717) is 17.4 Å². The van der Waals surface area contributed by atoms with Gasteiger partial charge in [0, 0.05) is 6.42 Å². The number of carbonyl (C=O) groups is 1. The zero-order valence-electron chi connectivity index (χ0n) is 7.95. The molecule has 0 saturated carbocycles. The Morgan fingerprint density at radius 3 is 2.25 bits per heavy atom. The van der Waals surface area contributed by atoms with Crippen molar-refractivity contribution in [2.75, 3.05) is 27.2 Å². The molecule has 0 aliphatic rings. The van der Waals surface area contributed by atoms with Gasteiger partial charge in [-0.2, -0.15) is 0 Å². The highest BCUT2D eigenvalue weighted by Gasteiger charge is 2.32. The minimum Gasteiger partial charge on any atom is -0.477 e. The Morgan fingerprint density at radius 1 is 1.50 bits per heavy atom. The van der Waals surface area contributed by atoms with Crippen LogP contribution in [0.2, 0.25) is 0 Å². The van der Waals surface area contributed by atoms with Crippen molar-refractivity contribution in [3.05, 3.63) is 0 Å². The van der Waals surface area contributed by atoms with Crippen LogP contribution in [0.4, 0.5) is 0 Å². The molecule has 0 saturated heterocycles. The van der Waals surface area contributed by atoms with Gasteiger partial charge in [-0.1, -0.05) is 6.92 Å². The third-order valence-corrected chi connectivity index (χ3v) is 2.19. The van der Waals surface area contributed by atoms with Crippen LogP contribution < -0.4 is 0 Å². The van der Waals surface area contributed by atoms with Crippen molar-refractivity contribution >= 4 is 5.97 Å². The molecule has 0 aliphatic heterocycles. The first-order chi connectivity index (χ1) is 5.45. The number of nitrogens with zero attached hydrogens (tertiary/aromatic N) is 1. The molecule has 1 unspecified atom stereocenters. The summed E-state index contributed by atoms with van der Waals surface area (Å²) in [6, 6.07) is -0.419. The molecule has 0 amide bonds. The van der Waals surface area contributed by atoms with Gasteiger partial charge < -0.3 is 14.7 Å². The number of aliphatic hydroxyl groups excluding tert-OH is 1. The normalized spacial score (nSPS) is 14.3. The van der Waals surface area contributed by atoms with Crippen molar-refractivity contribution in [2.24, 2.45) is 0 Å². The summed E-state index contributed by atoms with van der Waals surface area (Å²) in [6.45, 7) is 2.34. The van der Waals surface area contributed by atoms with Gasteiger partial charge in [0.1, 0.15) is 6.54 Å². The Balaban J connectivity index is 4.36. The van der Waals surface area contributed by atoms with Crippen LogP contribution in [0.25, 0.3) is 0 Å². The van der Waals surface area contributed by atoms with Crippen molar-refractivity contribution < 1.29 is 19.5 Å². The van der Waals surface area contributed by atoms with Crippen molar-refractivity contribution in [1.82, 2.24) is 0 Å². The molecule has 0 fully saturated rings. The predicted octanol–water partition coefficient (Wildman–Crippen LogP) is -0.0817. The van der Waals surface area contributed by atoms with E-state index in [9.17, 15) is 4.79 Å². The standard InChI is InChI=1S/C8H17NO3/c1-4-7(8(11)12)9(2,3)5-6-10/h7,10H,4-6H2,1-3H3/p+1. The van der Waals surface area contributed by atoms with Gasteiger partial charge in [-0.3, -0.25) is 0 Å². The number of aliphatic carboxylic acids is 1. The van der Waals surface area contributed by atoms with Gasteiger partial charge >= 0.3 is 5.97 Å². The first-order valence-electron chi connectivity index (χ1n) is 4.12. The molecule has 4 nitrogen and oxygen atoms in total. The number of hydrogen-bond acceptors (Lipinski definition) is 2. The third-order valence-electron chi connectivity index (χ3n) is 2.19. The van der Waals surface area contributed by atoms with Crippen LogP contribution in [0.1, 0.15) is 13.3 Å². The second-order valence-corrected chi connectivity index (χ2v) is 3.49. The third kappa shape index (κ3) is 2.79. The molecule has 2 N–H and O–H groups in total. The molecule has 0 heterocycles. The van der Waals surface area contributed by atoms with Gasteiger partial charge in [0.15, 0.2) is 6.04 Å². The molecular formula is C8H18NO3+. The minimum atomic E-state index is -0.795. The van der Waals surface area contributed by atoms with Crippen LogP contribution in [0.3, 0.4) is 0 Å². The molecule has 1 atom stereocenters. The predicted molar refractivity (Wildman–Crippen MR) is 45.8 cm³/mol. The monoisotopic (exact) mass is 176 g/mol. The second kappa shape index (κ2) is 4.42. The summed E-state index contributed by atoms with van der Waals surface area (Å²) in [5.41, 5.74) is 0. The maximum atomic E-state index is 10.8. The van der Waals surface area contributed by atoms with E-state index in [-0.39, 0.29) is 6.61 Å². The lowest BCUT2D eigenvalue weighted by Gasteiger charge is -2.34. The summed E-state index contributed by atoms with van der Waals surface area (Å²) >= 11 is 0. The molecule has 0 aromatic rings. The van der Waals surface area contributed by atoms with E-state index in [1.165, 1.54) is 0 Å². The van der Waals surface area contributed by atoms with Crippen molar-refractivity contribution in [2.45, 2.75) is 19.4 Å². The zero-order chi connectivity index (χ0) is 9.78. The van der Waals surface area contributed by atoms with Gasteiger partial charge in [-0.05, 0) is 0 Å². The molecule has 72 valence electrons. The van der Waals surface area contributed by atoms with Crippen LogP contribution >= 0.6 is 0 Å². The highest BCUT2D eigenvalue weighted by molar-refractivity contribution is 5.72. The lowest BCUT2D eigenvalue weighted by atomic mass is 10.1. The van der Waals surface area contributed by atoms with E-state index in [1.807, 2.05) is 21.0 Å². The lowest BCUT2D eigenvalue weighted by Crippen LogP contribution is -2.53.